The highest BCUT2D eigenvalue weighted by molar-refractivity contribution is 5.79. The summed E-state index contributed by atoms with van der Waals surface area (Å²) in [6, 6.07) is 1.10. The van der Waals surface area contributed by atoms with Gasteiger partial charge in [0.05, 0.1) is 0 Å². The molecule has 0 bridgehead atoms. The van der Waals surface area contributed by atoms with Gasteiger partial charge in [0.15, 0.2) is 5.96 Å². The maximum Gasteiger partial charge on any atom is 0.191 e. The van der Waals surface area contributed by atoms with Crippen molar-refractivity contribution in [2.24, 2.45) is 16.8 Å². The Labute approximate surface area is 125 Å². The van der Waals surface area contributed by atoms with Gasteiger partial charge in [0.1, 0.15) is 0 Å². The molecular weight excluding hydrogens is 248 g/mol. The summed E-state index contributed by atoms with van der Waals surface area (Å²) in [5, 5.41) is 6.96. The number of likely N-dealkylation sites (tertiary alicyclic amines) is 1. The van der Waals surface area contributed by atoms with Crippen molar-refractivity contribution in [3.05, 3.63) is 0 Å². The Bertz CT molecular complexity index is 299. The Balaban J connectivity index is 2.40. The predicted octanol–water partition coefficient (Wildman–Crippen LogP) is 2.32. The zero-order chi connectivity index (χ0) is 15.1. The van der Waals surface area contributed by atoms with Crippen LogP contribution in [0.3, 0.4) is 0 Å². The number of aliphatic imine (C=N–C) groups is 1. The molecule has 0 aromatic carbocycles. The first kappa shape index (κ1) is 17.3. The Kier molecular flexibility index (Phi) is 7.35. The minimum absolute atomic E-state index is 0.441. The minimum Gasteiger partial charge on any atom is -0.355 e. The van der Waals surface area contributed by atoms with E-state index in [0.717, 1.165) is 18.4 Å². The van der Waals surface area contributed by atoms with Crippen LogP contribution >= 0.6 is 0 Å². The fourth-order valence-corrected chi connectivity index (χ4v) is 2.63. The zero-order valence-corrected chi connectivity index (χ0v) is 14.2. The fraction of sp³-hybridized carbons (Fsp3) is 0.938. The molecule has 1 rings (SSSR count). The van der Waals surface area contributed by atoms with Gasteiger partial charge < -0.3 is 10.6 Å². The molecular formula is C16H34N4. The van der Waals surface area contributed by atoms with Crippen LogP contribution in [0, 0.1) is 11.8 Å². The predicted molar refractivity (Wildman–Crippen MR) is 88.2 cm³/mol. The van der Waals surface area contributed by atoms with Crippen LogP contribution in [0.5, 0.6) is 0 Å². The first-order valence-electron chi connectivity index (χ1n) is 8.15. The summed E-state index contributed by atoms with van der Waals surface area (Å²) in [5.41, 5.74) is 0. The van der Waals surface area contributed by atoms with E-state index in [2.05, 4.69) is 55.1 Å². The van der Waals surface area contributed by atoms with E-state index in [1.54, 1.807) is 0 Å². The normalized spacial score (nSPS) is 22.6. The molecule has 20 heavy (non-hydrogen) atoms. The standard InChI is InChI=1S/C16H34N4/c1-12(2)11-20-9-7-8-15(20)10-18-16(17-6)19-14(5)13(3)4/h12-15H,7-11H2,1-6H3,(H2,17,18,19)/t14?,15-/m1/s1. The van der Waals surface area contributed by atoms with Gasteiger partial charge in [-0.1, -0.05) is 27.7 Å². The van der Waals surface area contributed by atoms with Crippen molar-refractivity contribution in [2.75, 3.05) is 26.7 Å². The number of nitrogens with one attached hydrogen (secondary N) is 2. The van der Waals surface area contributed by atoms with Gasteiger partial charge >= 0.3 is 0 Å². The molecule has 0 spiro atoms. The van der Waals surface area contributed by atoms with Gasteiger partial charge in [-0.2, -0.15) is 0 Å². The quantitative estimate of drug-likeness (QED) is 0.580. The van der Waals surface area contributed by atoms with Crippen molar-refractivity contribution in [3.8, 4) is 0 Å². The van der Waals surface area contributed by atoms with E-state index in [0.29, 0.717) is 18.0 Å². The topological polar surface area (TPSA) is 39.7 Å². The molecule has 1 fully saturated rings. The second-order valence-corrected chi connectivity index (χ2v) is 6.81. The summed E-state index contributed by atoms with van der Waals surface area (Å²) in [6.07, 6.45) is 2.63. The fourth-order valence-electron chi connectivity index (χ4n) is 2.63. The average molecular weight is 282 g/mol. The van der Waals surface area contributed by atoms with E-state index in [-0.39, 0.29) is 0 Å². The Morgan fingerprint density at radius 2 is 1.95 bits per heavy atom. The van der Waals surface area contributed by atoms with E-state index >= 15 is 0 Å². The number of hydrogen-bond donors (Lipinski definition) is 2. The van der Waals surface area contributed by atoms with E-state index < -0.39 is 0 Å². The van der Waals surface area contributed by atoms with Crippen molar-refractivity contribution in [2.45, 2.75) is 59.5 Å². The smallest absolute Gasteiger partial charge is 0.191 e. The third-order valence-corrected chi connectivity index (χ3v) is 4.19. The van der Waals surface area contributed by atoms with Crippen LogP contribution in [0.25, 0.3) is 0 Å². The lowest BCUT2D eigenvalue weighted by atomic mass is 10.1. The molecule has 118 valence electrons. The minimum atomic E-state index is 0.441. The van der Waals surface area contributed by atoms with Crippen molar-refractivity contribution in [1.82, 2.24) is 15.5 Å². The highest BCUT2D eigenvalue weighted by Crippen LogP contribution is 2.17. The molecule has 1 aliphatic rings. The summed E-state index contributed by atoms with van der Waals surface area (Å²) in [5.74, 6) is 2.29. The molecule has 1 aliphatic heterocycles. The maximum absolute atomic E-state index is 4.33. The van der Waals surface area contributed by atoms with E-state index in [9.17, 15) is 0 Å². The zero-order valence-electron chi connectivity index (χ0n) is 14.2. The molecule has 2 N–H and O–H groups in total. The molecule has 0 aliphatic carbocycles. The number of hydrogen-bond acceptors (Lipinski definition) is 2. The van der Waals surface area contributed by atoms with Crippen LogP contribution < -0.4 is 10.6 Å². The van der Waals surface area contributed by atoms with Crippen molar-refractivity contribution in [1.29, 1.82) is 0 Å². The number of rotatable bonds is 6. The third-order valence-electron chi connectivity index (χ3n) is 4.19. The second-order valence-electron chi connectivity index (χ2n) is 6.81. The molecule has 1 unspecified atom stereocenters. The summed E-state index contributed by atoms with van der Waals surface area (Å²) >= 11 is 0. The molecule has 0 amide bonds. The first-order chi connectivity index (χ1) is 9.43. The van der Waals surface area contributed by atoms with E-state index in [1.807, 2.05) is 7.05 Å². The van der Waals surface area contributed by atoms with E-state index in [1.165, 1.54) is 25.9 Å². The Morgan fingerprint density at radius 1 is 1.25 bits per heavy atom. The van der Waals surface area contributed by atoms with Crippen molar-refractivity contribution >= 4 is 5.96 Å². The molecule has 0 aromatic heterocycles. The van der Waals surface area contributed by atoms with Crippen LogP contribution in [0.4, 0.5) is 0 Å². The van der Waals surface area contributed by atoms with Gasteiger partial charge in [-0.15, -0.1) is 0 Å². The highest BCUT2D eigenvalue weighted by atomic mass is 15.2. The van der Waals surface area contributed by atoms with Crippen LogP contribution in [-0.4, -0.2) is 49.6 Å². The summed E-state index contributed by atoms with van der Waals surface area (Å²) < 4.78 is 0. The largest absolute Gasteiger partial charge is 0.355 e. The maximum atomic E-state index is 4.33. The second kappa shape index (κ2) is 8.50. The summed E-state index contributed by atoms with van der Waals surface area (Å²) in [7, 11) is 1.85. The van der Waals surface area contributed by atoms with Gasteiger partial charge in [0.2, 0.25) is 0 Å². The number of nitrogens with zero attached hydrogens (tertiary/aromatic N) is 2. The molecule has 0 radical (unpaired) electrons. The molecule has 1 heterocycles. The van der Waals surface area contributed by atoms with Crippen LogP contribution in [0.2, 0.25) is 0 Å². The lowest BCUT2D eigenvalue weighted by molar-refractivity contribution is 0.226. The SMILES string of the molecule is CN=C(NC[C@H]1CCCN1CC(C)C)NC(C)C(C)C. The van der Waals surface area contributed by atoms with Crippen LogP contribution in [-0.2, 0) is 0 Å². The van der Waals surface area contributed by atoms with Gasteiger partial charge in [0.25, 0.3) is 0 Å². The molecule has 4 heteroatoms. The molecule has 0 saturated carbocycles. The Hall–Kier alpha value is -0.770. The van der Waals surface area contributed by atoms with Crippen LogP contribution in [0.15, 0.2) is 4.99 Å². The molecule has 2 atom stereocenters. The first-order valence-corrected chi connectivity index (χ1v) is 8.15. The molecule has 4 nitrogen and oxygen atoms in total. The monoisotopic (exact) mass is 282 g/mol. The highest BCUT2D eigenvalue weighted by Gasteiger charge is 2.24. The van der Waals surface area contributed by atoms with Gasteiger partial charge in [-0.05, 0) is 38.1 Å². The van der Waals surface area contributed by atoms with Crippen molar-refractivity contribution in [3.63, 3.8) is 0 Å². The van der Waals surface area contributed by atoms with Gasteiger partial charge in [-0.3, -0.25) is 9.89 Å². The third kappa shape index (κ3) is 5.70. The Morgan fingerprint density at radius 3 is 2.50 bits per heavy atom. The molecule has 0 aromatic rings. The lowest BCUT2D eigenvalue weighted by Gasteiger charge is -2.28. The lowest BCUT2D eigenvalue weighted by Crippen LogP contribution is -2.48. The summed E-state index contributed by atoms with van der Waals surface area (Å²) in [4.78, 5) is 6.96. The van der Waals surface area contributed by atoms with E-state index in [4.69, 9.17) is 0 Å². The van der Waals surface area contributed by atoms with Gasteiger partial charge in [-0.25, -0.2) is 0 Å². The summed E-state index contributed by atoms with van der Waals surface area (Å²) in [6.45, 7) is 14.7. The van der Waals surface area contributed by atoms with Crippen molar-refractivity contribution < 1.29 is 0 Å². The van der Waals surface area contributed by atoms with Crippen LogP contribution in [0.1, 0.15) is 47.5 Å². The molecule has 1 saturated heterocycles. The van der Waals surface area contributed by atoms with Gasteiger partial charge in [0, 0.05) is 32.2 Å². The number of guanidine groups is 1. The average Bonchev–Trinajstić information content (AvgIpc) is 2.80.